The zero-order chi connectivity index (χ0) is 17.2. The van der Waals surface area contributed by atoms with Crippen molar-refractivity contribution in [3.63, 3.8) is 0 Å². The van der Waals surface area contributed by atoms with Crippen molar-refractivity contribution >= 4 is 28.9 Å². The molecule has 2 aromatic rings. The number of anilines is 2. The van der Waals surface area contributed by atoms with E-state index < -0.39 is 5.60 Å². The highest BCUT2D eigenvalue weighted by atomic mass is 32.1. The van der Waals surface area contributed by atoms with E-state index in [-0.39, 0.29) is 12.5 Å². The summed E-state index contributed by atoms with van der Waals surface area (Å²) >= 11 is 1.37. The predicted molar refractivity (Wildman–Crippen MR) is 92.6 cm³/mol. The highest BCUT2D eigenvalue weighted by Crippen LogP contribution is 2.26. The number of carbonyl (C=O) groups excluding carboxylic acids is 1. The second-order valence-electron chi connectivity index (χ2n) is 6.08. The van der Waals surface area contributed by atoms with E-state index in [1.165, 1.54) is 17.7 Å². The van der Waals surface area contributed by atoms with Crippen LogP contribution in [0.1, 0.15) is 16.9 Å². The Balaban J connectivity index is 1.61. The van der Waals surface area contributed by atoms with Gasteiger partial charge in [0.1, 0.15) is 29.3 Å². The number of β-amino-alcohol motifs (C(OH)–C–C–N with tert-alkyl or cyclic N) is 1. The van der Waals surface area contributed by atoms with Gasteiger partial charge in [0.2, 0.25) is 0 Å². The van der Waals surface area contributed by atoms with Gasteiger partial charge in [-0.1, -0.05) is 0 Å². The quantitative estimate of drug-likeness (QED) is 0.806. The Labute approximate surface area is 144 Å². The fourth-order valence-electron chi connectivity index (χ4n) is 2.61. The molecular weight excluding hydrogens is 328 g/mol. The van der Waals surface area contributed by atoms with Gasteiger partial charge < -0.3 is 20.2 Å². The maximum Gasteiger partial charge on any atom is 0.270 e. The molecule has 0 aromatic carbocycles. The zero-order valence-electron chi connectivity index (χ0n) is 13.6. The van der Waals surface area contributed by atoms with E-state index in [0.717, 1.165) is 11.6 Å². The molecule has 1 saturated heterocycles. The number of nitrogens with zero attached hydrogens (tertiary/aromatic N) is 5. The van der Waals surface area contributed by atoms with E-state index in [0.29, 0.717) is 25.2 Å². The third-order valence-electron chi connectivity index (χ3n) is 4.00. The molecule has 3 rings (SSSR count). The Kier molecular flexibility index (Phi) is 4.63. The fraction of sp³-hybridized carbons (Fsp3) is 0.467. The third-order valence-corrected chi connectivity index (χ3v) is 4.58. The van der Waals surface area contributed by atoms with Crippen molar-refractivity contribution in [2.75, 3.05) is 43.5 Å². The number of nitrogens with one attached hydrogen (secondary N) is 1. The van der Waals surface area contributed by atoms with Crippen molar-refractivity contribution in [3.8, 4) is 0 Å². The van der Waals surface area contributed by atoms with E-state index in [4.69, 9.17) is 0 Å². The first-order valence-corrected chi connectivity index (χ1v) is 8.54. The molecule has 1 amide bonds. The molecule has 1 fully saturated rings. The average Bonchev–Trinajstić information content (AvgIpc) is 3.23. The summed E-state index contributed by atoms with van der Waals surface area (Å²) in [7, 11) is 3.83. The van der Waals surface area contributed by atoms with Gasteiger partial charge in [-0.3, -0.25) is 4.79 Å². The highest BCUT2D eigenvalue weighted by molar-refractivity contribution is 7.07. The predicted octanol–water partition coefficient (Wildman–Crippen LogP) is 0.370. The van der Waals surface area contributed by atoms with Crippen LogP contribution in [0.2, 0.25) is 0 Å². The van der Waals surface area contributed by atoms with Crippen LogP contribution in [0.15, 0.2) is 23.3 Å². The van der Waals surface area contributed by atoms with Crippen LogP contribution < -0.4 is 15.1 Å². The monoisotopic (exact) mass is 348 g/mol. The zero-order valence-corrected chi connectivity index (χ0v) is 14.5. The summed E-state index contributed by atoms with van der Waals surface area (Å²) in [6.07, 6.45) is 2.08. The van der Waals surface area contributed by atoms with Crippen molar-refractivity contribution in [2.45, 2.75) is 12.0 Å². The number of carbonyl (C=O) groups is 1. The van der Waals surface area contributed by atoms with Crippen LogP contribution in [0.3, 0.4) is 0 Å². The summed E-state index contributed by atoms with van der Waals surface area (Å²) in [6.45, 7) is 1.27. The Hall–Kier alpha value is -2.26. The van der Waals surface area contributed by atoms with Crippen LogP contribution in [0.25, 0.3) is 0 Å². The van der Waals surface area contributed by atoms with Crippen LogP contribution in [0.5, 0.6) is 0 Å². The van der Waals surface area contributed by atoms with Crippen LogP contribution in [-0.4, -0.2) is 65.3 Å². The van der Waals surface area contributed by atoms with Gasteiger partial charge in [-0.25, -0.2) is 15.0 Å². The van der Waals surface area contributed by atoms with Crippen molar-refractivity contribution in [1.29, 1.82) is 0 Å². The van der Waals surface area contributed by atoms with Gasteiger partial charge in [-0.15, -0.1) is 11.3 Å². The summed E-state index contributed by atoms with van der Waals surface area (Å²) in [5, 5.41) is 15.2. The number of aromatic nitrogens is 3. The van der Waals surface area contributed by atoms with E-state index in [9.17, 15) is 9.90 Å². The minimum atomic E-state index is -0.977. The van der Waals surface area contributed by atoms with Crippen molar-refractivity contribution < 1.29 is 9.90 Å². The molecule has 128 valence electrons. The van der Waals surface area contributed by atoms with E-state index in [2.05, 4.69) is 20.3 Å². The SMILES string of the molecule is CN(C)c1cc(N2CC[C@@](O)(CNC(=O)c3cscn3)C2)ncn1. The number of thiazole rings is 1. The summed E-state index contributed by atoms with van der Waals surface area (Å²) in [5.41, 5.74) is 1.01. The molecule has 0 radical (unpaired) electrons. The third kappa shape index (κ3) is 3.62. The number of hydrogen-bond acceptors (Lipinski definition) is 8. The van der Waals surface area contributed by atoms with Crippen molar-refractivity contribution in [2.24, 2.45) is 0 Å². The Morgan fingerprint density at radius 1 is 1.46 bits per heavy atom. The average molecular weight is 348 g/mol. The topological polar surface area (TPSA) is 94.5 Å². The van der Waals surface area contributed by atoms with Gasteiger partial charge in [-0.2, -0.15) is 0 Å². The summed E-state index contributed by atoms with van der Waals surface area (Å²) < 4.78 is 0. The number of rotatable bonds is 5. The maximum atomic E-state index is 12.0. The molecule has 3 heterocycles. The van der Waals surface area contributed by atoms with Gasteiger partial charge in [0.05, 0.1) is 5.51 Å². The maximum absolute atomic E-state index is 12.0. The molecule has 0 bridgehead atoms. The lowest BCUT2D eigenvalue weighted by atomic mass is 10.0. The Morgan fingerprint density at radius 2 is 2.29 bits per heavy atom. The van der Waals surface area contributed by atoms with Crippen LogP contribution in [0, 0.1) is 0 Å². The summed E-state index contributed by atoms with van der Waals surface area (Å²) in [5.74, 6) is 1.32. The van der Waals surface area contributed by atoms with Gasteiger partial charge in [0, 0.05) is 45.2 Å². The molecule has 0 unspecified atom stereocenters. The van der Waals surface area contributed by atoms with Crippen LogP contribution >= 0.6 is 11.3 Å². The molecule has 0 saturated carbocycles. The second kappa shape index (κ2) is 6.70. The van der Waals surface area contributed by atoms with Gasteiger partial charge >= 0.3 is 0 Å². The van der Waals surface area contributed by atoms with Gasteiger partial charge in [0.15, 0.2) is 0 Å². The van der Waals surface area contributed by atoms with E-state index in [1.54, 1.807) is 10.9 Å². The lowest BCUT2D eigenvalue weighted by Crippen LogP contribution is -2.45. The number of amides is 1. The molecule has 0 spiro atoms. The lowest BCUT2D eigenvalue weighted by Gasteiger charge is -2.24. The summed E-state index contributed by atoms with van der Waals surface area (Å²) in [6, 6.07) is 1.89. The normalized spacial score (nSPS) is 20.2. The second-order valence-corrected chi connectivity index (χ2v) is 6.80. The number of aliphatic hydroxyl groups is 1. The Morgan fingerprint density at radius 3 is 3.00 bits per heavy atom. The smallest absolute Gasteiger partial charge is 0.270 e. The highest BCUT2D eigenvalue weighted by Gasteiger charge is 2.37. The molecule has 9 heteroatoms. The minimum absolute atomic E-state index is 0.186. The Bertz CT molecular complexity index is 708. The first-order valence-electron chi connectivity index (χ1n) is 7.60. The standard InChI is InChI=1S/C15H20N6O2S/c1-20(2)12-5-13(18-9-17-12)21-4-3-15(23,8-21)7-16-14(22)11-6-24-10-19-11/h5-6,9-10,23H,3-4,7-8H2,1-2H3,(H,16,22)/t15-/m1/s1. The van der Waals surface area contributed by atoms with Crippen molar-refractivity contribution in [1.82, 2.24) is 20.3 Å². The van der Waals surface area contributed by atoms with Crippen molar-refractivity contribution in [3.05, 3.63) is 29.0 Å². The minimum Gasteiger partial charge on any atom is -0.386 e. The fourth-order valence-corrected chi connectivity index (χ4v) is 3.14. The van der Waals surface area contributed by atoms with Crippen LogP contribution in [0.4, 0.5) is 11.6 Å². The van der Waals surface area contributed by atoms with Gasteiger partial charge in [-0.05, 0) is 6.42 Å². The first-order chi connectivity index (χ1) is 11.5. The van der Waals surface area contributed by atoms with E-state index in [1.807, 2.05) is 30.0 Å². The number of hydrogen-bond donors (Lipinski definition) is 2. The largest absolute Gasteiger partial charge is 0.386 e. The molecule has 24 heavy (non-hydrogen) atoms. The summed E-state index contributed by atoms with van der Waals surface area (Å²) in [4.78, 5) is 28.3. The molecule has 2 aromatic heterocycles. The molecular formula is C15H20N6O2S. The molecule has 8 nitrogen and oxygen atoms in total. The van der Waals surface area contributed by atoms with E-state index >= 15 is 0 Å². The lowest BCUT2D eigenvalue weighted by molar-refractivity contribution is 0.0574. The molecule has 0 aliphatic carbocycles. The molecule has 1 atom stereocenters. The molecule has 1 aliphatic heterocycles. The molecule has 2 N–H and O–H groups in total. The molecule has 1 aliphatic rings. The van der Waals surface area contributed by atoms with Crippen LogP contribution in [-0.2, 0) is 0 Å². The van der Waals surface area contributed by atoms with Gasteiger partial charge in [0.25, 0.3) is 5.91 Å². The first kappa shape index (κ1) is 16.6.